The first-order chi connectivity index (χ1) is 11.7. The van der Waals surface area contributed by atoms with Gasteiger partial charge in [0.05, 0.1) is 10.4 Å². The second-order valence-corrected chi connectivity index (χ2v) is 6.39. The molecule has 2 aromatic carbocycles. The lowest BCUT2D eigenvalue weighted by Crippen LogP contribution is -2.41. The third kappa shape index (κ3) is 2.53. The number of nitrogens with one attached hydrogen (secondary N) is 3. The van der Waals surface area contributed by atoms with Crippen LogP contribution >= 0.6 is 11.3 Å². The molecule has 2 heterocycles. The van der Waals surface area contributed by atoms with Crippen molar-refractivity contribution in [2.24, 2.45) is 0 Å². The number of carbonyl (C=O) groups excluding carboxylic acids is 2. The van der Waals surface area contributed by atoms with Gasteiger partial charge < -0.3 is 4.98 Å². The van der Waals surface area contributed by atoms with Crippen LogP contribution in [0.1, 0.15) is 20.0 Å². The number of para-hydroxylation sites is 1. The molecule has 0 atom stereocenters. The molecule has 0 aliphatic rings. The third-order valence-electron chi connectivity index (χ3n) is 3.77. The number of amides is 2. The summed E-state index contributed by atoms with van der Waals surface area (Å²) in [6, 6.07) is 17.1. The van der Waals surface area contributed by atoms with Gasteiger partial charge >= 0.3 is 0 Å². The maximum atomic E-state index is 12.3. The summed E-state index contributed by atoms with van der Waals surface area (Å²) < 4.78 is 1.03. The van der Waals surface area contributed by atoms with Gasteiger partial charge in [0.2, 0.25) is 0 Å². The fraction of sp³-hybridized carbons (Fsp3) is 0. The van der Waals surface area contributed by atoms with Crippen LogP contribution in [0.3, 0.4) is 0 Å². The molecule has 0 spiro atoms. The molecule has 0 unspecified atom stereocenters. The standard InChI is InChI=1S/C18H13N3O2S/c22-17(13-10-19-14-7-3-2-6-12(13)14)20-21-18(23)16-9-11-5-1-4-8-15(11)24-16/h1-10,19H,(H,20,22)(H,21,23). The maximum Gasteiger partial charge on any atom is 0.279 e. The van der Waals surface area contributed by atoms with E-state index in [1.807, 2.05) is 54.6 Å². The number of carbonyl (C=O) groups is 2. The molecule has 2 aromatic heterocycles. The van der Waals surface area contributed by atoms with Crippen LogP contribution in [0.25, 0.3) is 21.0 Å². The summed E-state index contributed by atoms with van der Waals surface area (Å²) in [6.45, 7) is 0. The summed E-state index contributed by atoms with van der Waals surface area (Å²) in [5.74, 6) is -0.689. The Bertz CT molecular complexity index is 1030. The van der Waals surface area contributed by atoms with E-state index in [1.165, 1.54) is 11.3 Å². The molecule has 3 N–H and O–H groups in total. The van der Waals surface area contributed by atoms with Crippen LogP contribution in [0, 0.1) is 0 Å². The lowest BCUT2D eigenvalue weighted by Gasteiger charge is -2.05. The number of benzene rings is 2. The number of fused-ring (bicyclic) bond motifs is 2. The Labute approximate surface area is 141 Å². The summed E-state index contributed by atoms with van der Waals surface area (Å²) in [6.07, 6.45) is 1.63. The van der Waals surface area contributed by atoms with E-state index < -0.39 is 0 Å². The van der Waals surface area contributed by atoms with Crippen LogP contribution < -0.4 is 10.9 Å². The van der Waals surface area contributed by atoms with E-state index in [1.54, 1.807) is 6.20 Å². The second kappa shape index (κ2) is 5.82. The van der Waals surface area contributed by atoms with Crippen LogP contribution in [-0.4, -0.2) is 16.8 Å². The summed E-state index contributed by atoms with van der Waals surface area (Å²) in [5, 5.41) is 1.82. The van der Waals surface area contributed by atoms with Gasteiger partial charge in [-0.05, 0) is 23.6 Å². The molecule has 0 radical (unpaired) electrons. The molecule has 2 amide bonds. The third-order valence-corrected chi connectivity index (χ3v) is 4.89. The van der Waals surface area contributed by atoms with Gasteiger partial charge in [-0.1, -0.05) is 36.4 Å². The molecule has 24 heavy (non-hydrogen) atoms. The van der Waals surface area contributed by atoms with Crippen molar-refractivity contribution < 1.29 is 9.59 Å². The van der Waals surface area contributed by atoms with Crippen LogP contribution in [0.4, 0.5) is 0 Å². The van der Waals surface area contributed by atoms with Gasteiger partial charge in [-0.25, -0.2) is 0 Å². The van der Waals surface area contributed by atoms with E-state index >= 15 is 0 Å². The zero-order chi connectivity index (χ0) is 16.5. The topological polar surface area (TPSA) is 74.0 Å². The van der Waals surface area contributed by atoms with Crippen LogP contribution in [0.15, 0.2) is 60.8 Å². The number of hydrogen-bond donors (Lipinski definition) is 3. The number of aromatic nitrogens is 1. The lowest BCUT2D eigenvalue weighted by molar-refractivity contribution is 0.0850. The van der Waals surface area contributed by atoms with Crippen molar-refractivity contribution in [2.45, 2.75) is 0 Å². The predicted octanol–water partition coefficient (Wildman–Crippen LogP) is 3.46. The molecule has 118 valence electrons. The van der Waals surface area contributed by atoms with Gasteiger partial charge in [0, 0.05) is 21.8 Å². The fourth-order valence-corrected chi connectivity index (χ4v) is 3.55. The molecule has 5 nitrogen and oxygen atoms in total. The minimum absolute atomic E-state index is 0.329. The summed E-state index contributed by atoms with van der Waals surface area (Å²) in [4.78, 5) is 28.1. The predicted molar refractivity (Wildman–Crippen MR) is 95.1 cm³/mol. The number of thiophene rings is 1. The van der Waals surface area contributed by atoms with E-state index in [-0.39, 0.29) is 11.8 Å². The van der Waals surface area contributed by atoms with E-state index in [0.29, 0.717) is 10.4 Å². The van der Waals surface area contributed by atoms with Crippen molar-refractivity contribution in [1.29, 1.82) is 0 Å². The first kappa shape index (κ1) is 14.5. The normalized spacial score (nSPS) is 10.8. The Morgan fingerprint density at radius 3 is 2.54 bits per heavy atom. The van der Waals surface area contributed by atoms with Crippen molar-refractivity contribution in [2.75, 3.05) is 0 Å². The van der Waals surface area contributed by atoms with Crippen LogP contribution in [0.2, 0.25) is 0 Å². The van der Waals surface area contributed by atoms with E-state index in [2.05, 4.69) is 15.8 Å². The highest BCUT2D eigenvalue weighted by atomic mass is 32.1. The fourth-order valence-electron chi connectivity index (χ4n) is 2.60. The molecule has 6 heteroatoms. The minimum atomic E-state index is -0.359. The van der Waals surface area contributed by atoms with E-state index in [9.17, 15) is 9.59 Å². The molecule has 0 saturated carbocycles. The number of rotatable bonds is 2. The van der Waals surface area contributed by atoms with Gasteiger partial charge in [0.15, 0.2) is 0 Å². The quantitative estimate of drug-likeness (QED) is 0.491. The monoisotopic (exact) mass is 335 g/mol. The first-order valence-corrected chi connectivity index (χ1v) is 8.19. The summed E-state index contributed by atoms with van der Waals surface area (Å²) in [5.41, 5.74) is 6.30. The van der Waals surface area contributed by atoms with Crippen molar-refractivity contribution in [3.8, 4) is 0 Å². The minimum Gasteiger partial charge on any atom is -0.360 e. The average molecular weight is 335 g/mol. The smallest absolute Gasteiger partial charge is 0.279 e. The van der Waals surface area contributed by atoms with Crippen molar-refractivity contribution in [3.63, 3.8) is 0 Å². The highest BCUT2D eigenvalue weighted by Gasteiger charge is 2.14. The lowest BCUT2D eigenvalue weighted by atomic mass is 10.2. The average Bonchev–Trinajstić information content (AvgIpc) is 3.23. The number of aromatic amines is 1. The van der Waals surface area contributed by atoms with Gasteiger partial charge in [0.25, 0.3) is 11.8 Å². The Morgan fingerprint density at radius 2 is 1.67 bits per heavy atom. The van der Waals surface area contributed by atoms with Crippen molar-refractivity contribution >= 4 is 44.1 Å². The molecule has 0 bridgehead atoms. The van der Waals surface area contributed by atoms with Crippen molar-refractivity contribution in [3.05, 3.63) is 71.2 Å². The van der Waals surface area contributed by atoms with Gasteiger partial charge in [-0.2, -0.15) is 0 Å². The van der Waals surface area contributed by atoms with Crippen LogP contribution in [-0.2, 0) is 0 Å². The highest BCUT2D eigenvalue weighted by molar-refractivity contribution is 7.20. The Hall–Kier alpha value is -3.12. The van der Waals surface area contributed by atoms with Gasteiger partial charge in [-0.3, -0.25) is 20.4 Å². The summed E-state index contributed by atoms with van der Waals surface area (Å²) in [7, 11) is 0. The van der Waals surface area contributed by atoms with Crippen LogP contribution in [0.5, 0.6) is 0 Å². The number of hydrogen-bond acceptors (Lipinski definition) is 3. The first-order valence-electron chi connectivity index (χ1n) is 7.38. The maximum absolute atomic E-state index is 12.3. The molecule has 0 fully saturated rings. The number of hydrazine groups is 1. The Balaban J connectivity index is 1.49. The zero-order valence-corrected chi connectivity index (χ0v) is 13.3. The molecular weight excluding hydrogens is 322 g/mol. The molecule has 4 aromatic rings. The highest BCUT2D eigenvalue weighted by Crippen LogP contribution is 2.25. The van der Waals surface area contributed by atoms with Crippen molar-refractivity contribution in [1.82, 2.24) is 15.8 Å². The van der Waals surface area contributed by atoms with Gasteiger partial charge in [0.1, 0.15) is 0 Å². The molecular formula is C18H13N3O2S. The SMILES string of the molecule is O=C(NNC(=O)c1c[nH]c2ccccc12)c1cc2ccccc2s1. The molecule has 0 aliphatic carbocycles. The largest absolute Gasteiger partial charge is 0.360 e. The molecule has 0 saturated heterocycles. The van der Waals surface area contributed by atoms with Gasteiger partial charge in [-0.15, -0.1) is 11.3 Å². The zero-order valence-electron chi connectivity index (χ0n) is 12.5. The molecule has 4 rings (SSSR count). The number of H-pyrrole nitrogens is 1. The Kier molecular flexibility index (Phi) is 3.51. The Morgan fingerprint density at radius 1 is 0.917 bits per heavy atom. The molecule has 0 aliphatic heterocycles. The van der Waals surface area contributed by atoms with E-state index in [4.69, 9.17) is 0 Å². The second-order valence-electron chi connectivity index (χ2n) is 5.30. The van der Waals surface area contributed by atoms with E-state index in [0.717, 1.165) is 21.0 Å². The summed E-state index contributed by atoms with van der Waals surface area (Å²) >= 11 is 1.39.